The van der Waals surface area contributed by atoms with Crippen LogP contribution >= 0.6 is 62.1 Å². The zero-order valence-corrected chi connectivity index (χ0v) is 16.3. The molecule has 0 aliphatic heterocycles. The van der Waals surface area contributed by atoms with E-state index in [0.29, 0.717) is 9.90 Å². The first-order valence-corrected chi connectivity index (χ1v) is 8.88. The molecule has 122 valence electrons. The molecule has 0 N–H and O–H groups in total. The van der Waals surface area contributed by atoms with E-state index in [0.717, 1.165) is 3.79 Å². The largest absolute Gasteiger partial charge is 0.422 e. The summed E-state index contributed by atoms with van der Waals surface area (Å²) in [6.45, 7) is -0.246. The second-order valence-corrected chi connectivity index (χ2v) is 8.15. The summed E-state index contributed by atoms with van der Waals surface area (Å²) in [6, 6.07) is 6.26. The Bertz CT molecular complexity index is 742. The summed E-state index contributed by atoms with van der Waals surface area (Å²) < 4.78 is 5.96. The number of amides is 1. The number of benzene rings is 1. The highest BCUT2D eigenvalue weighted by atomic mass is 79.9. The van der Waals surface area contributed by atoms with Gasteiger partial charge in [-0.3, -0.25) is 4.79 Å². The van der Waals surface area contributed by atoms with Gasteiger partial charge < -0.3 is 9.64 Å². The smallest absolute Gasteiger partial charge is 0.331 e. The molecule has 0 fully saturated rings. The van der Waals surface area contributed by atoms with Crippen LogP contribution in [0.4, 0.5) is 0 Å². The monoisotopic (exact) mass is 455 g/mol. The summed E-state index contributed by atoms with van der Waals surface area (Å²) in [7, 11) is 1.50. The van der Waals surface area contributed by atoms with E-state index in [1.807, 2.05) is 0 Å². The summed E-state index contributed by atoms with van der Waals surface area (Å²) in [5.41, 5.74) is 0. The van der Waals surface area contributed by atoms with Crippen LogP contribution in [0.1, 0.15) is 9.67 Å². The van der Waals surface area contributed by atoms with E-state index in [2.05, 4.69) is 15.9 Å². The van der Waals surface area contributed by atoms with Gasteiger partial charge in [-0.15, -0.1) is 11.3 Å². The molecule has 0 aliphatic rings. The fourth-order valence-electron chi connectivity index (χ4n) is 1.66. The molecule has 0 atom stereocenters. The molecule has 0 unspecified atom stereocenters. The number of nitrogens with zero attached hydrogens (tertiary/aromatic N) is 1. The van der Waals surface area contributed by atoms with Gasteiger partial charge in [0.15, 0.2) is 5.75 Å². The highest BCUT2D eigenvalue weighted by molar-refractivity contribution is 9.11. The van der Waals surface area contributed by atoms with Crippen LogP contribution in [0.2, 0.25) is 15.1 Å². The Kier molecular flexibility index (Phi) is 6.33. The number of ether oxygens (including phenoxy) is 1. The molecule has 0 bridgehead atoms. The number of hydrogen-bond donors (Lipinski definition) is 0. The SMILES string of the molecule is CN(CC(=O)Oc1c(Cl)cc(Cl)cc1Cl)C(=O)c1ccc(Br)s1. The van der Waals surface area contributed by atoms with Crippen molar-refractivity contribution in [2.75, 3.05) is 13.6 Å². The van der Waals surface area contributed by atoms with Crippen molar-refractivity contribution in [3.05, 3.63) is 48.0 Å². The van der Waals surface area contributed by atoms with Crippen LogP contribution in [0, 0.1) is 0 Å². The van der Waals surface area contributed by atoms with Crippen molar-refractivity contribution in [3.8, 4) is 5.75 Å². The molecule has 0 radical (unpaired) electrons. The fourth-order valence-corrected chi connectivity index (χ4v) is 3.93. The molecule has 4 nitrogen and oxygen atoms in total. The molecule has 0 saturated carbocycles. The highest BCUT2D eigenvalue weighted by Gasteiger charge is 2.19. The van der Waals surface area contributed by atoms with Gasteiger partial charge in [0.05, 0.1) is 18.7 Å². The first kappa shape index (κ1) is 18.5. The molecule has 23 heavy (non-hydrogen) atoms. The topological polar surface area (TPSA) is 46.6 Å². The summed E-state index contributed by atoms with van der Waals surface area (Å²) >= 11 is 22.2. The lowest BCUT2D eigenvalue weighted by molar-refractivity contribution is -0.134. The van der Waals surface area contributed by atoms with E-state index in [-0.39, 0.29) is 28.2 Å². The minimum Gasteiger partial charge on any atom is -0.422 e. The van der Waals surface area contributed by atoms with Crippen molar-refractivity contribution in [3.63, 3.8) is 0 Å². The zero-order valence-electron chi connectivity index (χ0n) is 11.6. The van der Waals surface area contributed by atoms with Crippen molar-refractivity contribution in [1.29, 1.82) is 0 Å². The Balaban J connectivity index is 2.03. The lowest BCUT2D eigenvalue weighted by Crippen LogP contribution is -2.33. The van der Waals surface area contributed by atoms with Crippen molar-refractivity contribution in [2.24, 2.45) is 0 Å². The third-order valence-electron chi connectivity index (χ3n) is 2.68. The zero-order chi connectivity index (χ0) is 17.1. The summed E-state index contributed by atoms with van der Waals surface area (Å²) in [4.78, 5) is 25.9. The molecular weight excluding hydrogens is 448 g/mol. The number of likely N-dealkylation sites (N-methyl/N-ethyl adjacent to an activating group) is 1. The molecule has 1 aromatic heterocycles. The van der Waals surface area contributed by atoms with Crippen molar-refractivity contribution >= 4 is 73.9 Å². The number of halogens is 4. The fraction of sp³-hybridized carbons (Fsp3) is 0.143. The van der Waals surface area contributed by atoms with Gasteiger partial charge in [0.25, 0.3) is 5.91 Å². The Morgan fingerprint density at radius 1 is 1.22 bits per heavy atom. The number of esters is 1. The maximum Gasteiger partial charge on any atom is 0.331 e. The maximum absolute atomic E-state index is 12.2. The van der Waals surface area contributed by atoms with Gasteiger partial charge in [-0.05, 0) is 40.2 Å². The van der Waals surface area contributed by atoms with Crippen LogP contribution in [-0.4, -0.2) is 30.4 Å². The van der Waals surface area contributed by atoms with Crippen LogP contribution in [-0.2, 0) is 4.79 Å². The molecule has 1 amide bonds. The van der Waals surface area contributed by atoms with Crippen LogP contribution in [0.5, 0.6) is 5.75 Å². The molecule has 0 spiro atoms. The Labute approximate surface area is 160 Å². The number of carbonyl (C=O) groups excluding carboxylic acids is 2. The lowest BCUT2D eigenvalue weighted by Gasteiger charge is -2.16. The van der Waals surface area contributed by atoms with Crippen molar-refractivity contribution in [1.82, 2.24) is 4.90 Å². The molecule has 0 saturated heterocycles. The van der Waals surface area contributed by atoms with E-state index in [1.54, 1.807) is 12.1 Å². The third kappa shape index (κ3) is 4.84. The van der Waals surface area contributed by atoms with Crippen LogP contribution in [0.3, 0.4) is 0 Å². The van der Waals surface area contributed by atoms with E-state index >= 15 is 0 Å². The molecule has 2 rings (SSSR count). The van der Waals surface area contributed by atoms with Gasteiger partial charge in [-0.25, -0.2) is 4.79 Å². The van der Waals surface area contributed by atoms with E-state index in [1.165, 1.54) is 35.4 Å². The number of carbonyl (C=O) groups is 2. The quantitative estimate of drug-likeness (QED) is 0.471. The van der Waals surface area contributed by atoms with E-state index in [9.17, 15) is 9.59 Å². The van der Waals surface area contributed by atoms with E-state index < -0.39 is 5.97 Å². The molecule has 1 aromatic carbocycles. The molecule has 1 heterocycles. The minimum absolute atomic E-state index is 0.0162. The summed E-state index contributed by atoms with van der Waals surface area (Å²) in [5, 5.41) is 0.564. The predicted molar refractivity (Wildman–Crippen MR) is 96.1 cm³/mol. The Hall–Kier alpha value is -0.790. The predicted octanol–water partition coefficient (Wildman–Crippen LogP) is 5.15. The minimum atomic E-state index is -0.664. The second kappa shape index (κ2) is 7.85. The van der Waals surface area contributed by atoms with Gasteiger partial charge in [0, 0.05) is 12.1 Å². The van der Waals surface area contributed by atoms with Gasteiger partial charge in [-0.1, -0.05) is 34.8 Å². The number of hydrogen-bond acceptors (Lipinski definition) is 4. The molecule has 9 heteroatoms. The Morgan fingerprint density at radius 2 is 1.83 bits per heavy atom. The first-order chi connectivity index (χ1) is 10.8. The molecular formula is C14H9BrCl3NO3S. The van der Waals surface area contributed by atoms with Crippen molar-refractivity contribution in [2.45, 2.75) is 0 Å². The van der Waals surface area contributed by atoms with Crippen LogP contribution < -0.4 is 4.74 Å². The normalized spacial score (nSPS) is 10.5. The van der Waals surface area contributed by atoms with Gasteiger partial charge >= 0.3 is 5.97 Å². The van der Waals surface area contributed by atoms with E-state index in [4.69, 9.17) is 39.5 Å². The highest BCUT2D eigenvalue weighted by Crippen LogP contribution is 2.35. The van der Waals surface area contributed by atoms with Crippen LogP contribution in [0.15, 0.2) is 28.1 Å². The van der Waals surface area contributed by atoms with Gasteiger partial charge in [0.1, 0.15) is 6.54 Å². The lowest BCUT2D eigenvalue weighted by atomic mass is 10.3. The summed E-state index contributed by atoms with van der Waals surface area (Å²) in [6.07, 6.45) is 0. The second-order valence-electron chi connectivity index (χ2n) is 4.44. The number of rotatable bonds is 4. The Morgan fingerprint density at radius 3 is 2.35 bits per heavy atom. The third-order valence-corrected chi connectivity index (χ3v) is 5.07. The van der Waals surface area contributed by atoms with Crippen molar-refractivity contribution < 1.29 is 14.3 Å². The van der Waals surface area contributed by atoms with Gasteiger partial charge in [0.2, 0.25) is 0 Å². The van der Waals surface area contributed by atoms with Crippen LogP contribution in [0.25, 0.3) is 0 Å². The summed E-state index contributed by atoms with van der Waals surface area (Å²) in [5.74, 6) is -0.934. The number of thiophene rings is 1. The molecule has 2 aromatic rings. The average molecular weight is 458 g/mol. The molecule has 0 aliphatic carbocycles. The standard InChI is InChI=1S/C14H9BrCl3NO3S/c1-19(14(21)10-2-3-11(15)23-10)6-12(20)22-13-8(17)4-7(16)5-9(13)18/h2-5H,6H2,1H3. The van der Waals surface area contributed by atoms with Gasteiger partial charge in [-0.2, -0.15) is 0 Å². The first-order valence-electron chi connectivity index (χ1n) is 6.14. The maximum atomic E-state index is 12.2. The average Bonchev–Trinajstić information content (AvgIpc) is 2.88.